The second-order valence-electron chi connectivity index (χ2n) is 3.94. The maximum Gasteiger partial charge on any atom is 0.324 e. The number of anilines is 1. The maximum atomic E-state index is 12.3. The van der Waals surface area contributed by atoms with Crippen molar-refractivity contribution in [2.24, 2.45) is 0 Å². The monoisotopic (exact) mass is 274 g/mol. The molecule has 1 saturated heterocycles. The average Bonchev–Trinajstić information content (AvgIpc) is 2.96. The van der Waals surface area contributed by atoms with Crippen molar-refractivity contribution >= 4 is 21.8 Å². The molecule has 0 aliphatic carbocycles. The van der Waals surface area contributed by atoms with Gasteiger partial charge in [0.05, 0.1) is 13.3 Å². The number of hydrogen-bond acceptors (Lipinski definition) is 6. The lowest BCUT2D eigenvalue weighted by molar-refractivity contribution is -0.144. The number of ether oxygens (including phenoxy) is 1. The molecule has 1 aromatic rings. The number of rotatable bonds is 3. The predicted molar refractivity (Wildman–Crippen MR) is 61.9 cm³/mol. The van der Waals surface area contributed by atoms with E-state index in [-0.39, 0.29) is 17.3 Å². The van der Waals surface area contributed by atoms with Crippen LogP contribution in [0.2, 0.25) is 0 Å². The van der Waals surface area contributed by atoms with E-state index in [4.69, 9.17) is 5.73 Å². The van der Waals surface area contributed by atoms with Crippen molar-refractivity contribution < 1.29 is 17.9 Å². The van der Waals surface area contributed by atoms with E-state index in [1.807, 2.05) is 0 Å². The van der Waals surface area contributed by atoms with Crippen molar-refractivity contribution in [2.45, 2.75) is 23.8 Å². The summed E-state index contributed by atoms with van der Waals surface area (Å²) in [4.78, 5) is 11.4. The molecule has 3 N–H and O–H groups in total. The van der Waals surface area contributed by atoms with Gasteiger partial charge in [-0.15, -0.1) is 0 Å². The molecule has 0 amide bonds. The first-order chi connectivity index (χ1) is 8.48. The molecule has 0 aromatic carbocycles. The first kappa shape index (κ1) is 12.8. The van der Waals surface area contributed by atoms with Crippen LogP contribution in [0.5, 0.6) is 0 Å². The summed E-state index contributed by atoms with van der Waals surface area (Å²) in [5.74, 6) is -0.594. The van der Waals surface area contributed by atoms with Crippen LogP contribution < -0.4 is 5.73 Å². The molecular weight excluding hydrogens is 260 g/mol. The quantitative estimate of drug-likeness (QED) is 0.705. The van der Waals surface area contributed by atoms with Crippen molar-refractivity contribution in [3.8, 4) is 0 Å². The molecule has 9 heteroatoms. The third-order valence-corrected chi connectivity index (χ3v) is 4.83. The fourth-order valence-corrected chi connectivity index (χ4v) is 3.67. The smallest absolute Gasteiger partial charge is 0.324 e. The molecule has 0 spiro atoms. The van der Waals surface area contributed by atoms with Gasteiger partial charge in [-0.1, -0.05) is 0 Å². The molecule has 1 aromatic heterocycles. The minimum absolute atomic E-state index is 0.0366. The number of methoxy groups -OCH3 is 1. The fourth-order valence-electron chi connectivity index (χ4n) is 2.02. The maximum absolute atomic E-state index is 12.3. The molecule has 1 aliphatic heterocycles. The van der Waals surface area contributed by atoms with Gasteiger partial charge in [-0.25, -0.2) is 8.42 Å². The van der Waals surface area contributed by atoms with Gasteiger partial charge in [-0.05, 0) is 12.8 Å². The van der Waals surface area contributed by atoms with Gasteiger partial charge < -0.3 is 10.5 Å². The molecular formula is C9H14N4O4S. The van der Waals surface area contributed by atoms with Gasteiger partial charge in [-0.2, -0.15) is 9.40 Å². The summed E-state index contributed by atoms with van der Waals surface area (Å²) in [7, 11) is -2.58. The Kier molecular flexibility index (Phi) is 3.26. The van der Waals surface area contributed by atoms with Gasteiger partial charge in [0.1, 0.15) is 16.8 Å². The summed E-state index contributed by atoms with van der Waals surface area (Å²) in [5, 5.41) is 5.94. The molecule has 1 atom stereocenters. The number of carbonyl (C=O) groups is 1. The standard InChI is InChI=1S/C9H14N4O4S/c1-17-9(14)6-3-2-4-13(6)18(15,16)7-5-11-12-8(7)10/h5-6H,2-4H2,1H3,(H3,10,11,12). The third-order valence-electron chi connectivity index (χ3n) is 2.90. The predicted octanol–water partition coefficient (Wildman–Crippen LogP) is -0.682. The van der Waals surface area contributed by atoms with Crippen LogP contribution in [0, 0.1) is 0 Å². The summed E-state index contributed by atoms with van der Waals surface area (Å²) in [6, 6.07) is -0.783. The Morgan fingerprint density at radius 3 is 2.94 bits per heavy atom. The van der Waals surface area contributed by atoms with Crippen LogP contribution in [0.4, 0.5) is 5.82 Å². The first-order valence-corrected chi connectivity index (χ1v) is 6.81. The molecule has 0 bridgehead atoms. The topological polar surface area (TPSA) is 118 Å². The molecule has 0 saturated carbocycles. The van der Waals surface area contributed by atoms with E-state index in [0.29, 0.717) is 12.8 Å². The molecule has 2 heterocycles. The molecule has 1 unspecified atom stereocenters. The molecule has 1 aliphatic rings. The van der Waals surface area contributed by atoms with E-state index in [0.717, 1.165) is 10.5 Å². The number of aromatic nitrogens is 2. The lowest BCUT2D eigenvalue weighted by atomic mass is 10.2. The second-order valence-corrected chi connectivity index (χ2v) is 5.80. The second kappa shape index (κ2) is 4.58. The number of sulfonamides is 1. The van der Waals surface area contributed by atoms with Gasteiger partial charge in [0.2, 0.25) is 10.0 Å². The zero-order chi connectivity index (χ0) is 13.3. The Hall–Kier alpha value is -1.61. The number of nitrogens with one attached hydrogen (secondary N) is 1. The minimum Gasteiger partial charge on any atom is -0.468 e. The van der Waals surface area contributed by atoms with Crippen LogP contribution in [-0.4, -0.2) is 48.6 Å². The van der Waals surface area contributed by atoms with Crippen molar-refractivity contribution in [2.75, 3.05) is 19.4 Å². The van der Waals surface area contributed by atoms with Crippen molar-refractivity contribution in [3.05, 3.63) is 6.20 Å². The zero-order valence-corrected chi connectivity index (χ0v) is 10.6. The highest BCUT2D eigenvalue weighted by atomic mass is 32.2. The summed E-state index contributed by atoms with van der Waals surface area (Å²) < 4.78 is 30.4. The van der Waals surface area contributed by atoms with Crippen LogP contribution in [0.25, 0.3) is 0 Å². The number of hydrogen-bond donors (Lipinski definition) is 2. The van der Waals surface area contributed by atoms with Gasteiger partial charge >= 0.3 is 5.97 Å². The molecule has 1 fully saturated rings. The number of nitrogens with zero attached hydrogens (tertiary/aromatic N) is 2. The lowest BCUT2D eigenvalue weighted by Crippen LogP contribution is -2.41. The summed E-state index contributed by atoms with van der Waals surface area (Å²) in [5.41, 5.74) is 5.51. The van der Waals surface area contributed by atoms with E-state index in [1.165, 1.54) is 7.11 Å². The summed E-state index contributed by atoms with van der Waals surface area (Å²) >= 11 is 0. The SMILES string of the molecule is COC(=O)C1CCCN1S(=O)(=O)c1cn[nH]c1N. The van der Waals surface area contributed by atoms with Crippen molar-refractivity contribution in [1.29, 1.82) is 0 Å². The number of aromatic amines is 1. The van der Waals surface area contributed by atoms with Crippen molar-refractivity contribution in [1.82, 2.24) is 14.5 Å². The van der Waals surface area contributed by atoms with Crippen LogP contribution in [0.1, 0.15) is 12.8 Å². The number of nitrogens with two attached hydrogens (primary N) is 1. The number of H-pyrrole nitrogens is 1. The molecule has 100 valence electrons. The molecule has 18 heavy (non-hydrogen) atoms. The highest BCUT2D eigenvalue weighted by molar-refractivity contribution is 7.89. The average molecular weight is 274 g/mol. The Labute approximate surface area is 104 Å². The van der Waals surface area contributed by atoms with Crippen LogP contribution in [0.3, 0.4) is 0 Å². The largest absolute Gasteiger partial charge is 0.468 e. The van der Waals surface area contributed by atoms with Gasteiger partial charge in [0, 0.05) is 6.54 Å². The highest BCUT2D eigenvalue weighted by Gasteiger charge is 2.41. The molecule has 8 nitrogen and oxygen atoms in total. The minimum atomic E-state index is -3.82. The number of carbonyl (C=O) groups excluding carboxylic acids is 1. The normalized spacial score (nSPS) is 21.1. The molecule has 0 radical (unpaired) electrons. The van der Waals surface area contributed by atoms with Crippen LogP contribution >= 0.6 is 0 Å². The van der Waals surface area contributed by atoms with E-state index in [1.54, 1.807) is 0 Å². The number of nitrogen functional groups attached to an aromatic ring is 1. The van der Waals surface area contributed by atoms with E-state index < -0.39 is 22.0 Å². The Morgan fingerprint density at radius 1 is 1.67 bits per heavy atom. The van der Waals surface area contributed by atoms with Crippen molar-refractivity contribution in [3.63, 3.8) is 0 Å². The lowest BCUT2D eigenvalue weighted by Gasteiger charge is -2.21. The van der Waals surface area contributed by atoms with E-state index >= 15 is 0 Å². The van der Waals surface area contributed by atoms with Gasteiger partial charge in [0.15, 0.2) is 0 Å². The first-order valence-electron chi connectivity index (χ1n) is 5.37. The fraction of sp³-hybridized carbons (Fsp3) is 0.556. The summed E-state index contributed by atoms with van der Waals surface area (Å²) in [6.45, 7) is 0.271. The highest BCUT2D eigenvalue weighted by Crippen LogP contribution is 2.28. The van der Waals surface area contributed by atoms with Crippen LogP contribution in [0.15, 0.2) is 11.1 Å². The Balaban J connectivity index is 2.36. The van der Waals surface area contributed by atoms with E-state index in [2.05, 4.69) is 14.9 Å². The Morgan fingerprint density at radius 2 is 2.39 bits per heavy atom. The number of esters is 1. The zero-order valence-electron chi connectivity index (χ0n) is 9.79. The third kappa shape index (κ3) is 1.95. The van der Waals surface area contributed by atoms with Gasteiger partial charge in [-0.3, -0.25) is 9.89 Å². The van der Waals surface area contributed by atoms with Crippen LogP contribution in [-0.2, 0) is 19.6 Å². The molecule has 2 rings (SSSR count). The Bertz CT molecular complexity index is 553. The van der Waals surface area contributed by atoms with Gasteiger partial charge in [0.25, 0.3) is 0 Å². The summed E-state index contributed by atoms with van der Waals surface area (Å²) in [6.07, 6.45) is 2.19. The van der Waals surface area contributed by atoms with E-state index in [9.17, 15) is 13.2 Å².